The Labute approximate surface area is 180 Å². The van der Waals surface area contributed by atoms with Crippen LogP contribution in [0.3, 0.4) is 0 Å². The van der Waals surface area contributed by atoms with Gasteiger partial charge in [-0.1, -0.05) is 16.7 Å². The van der Waals surface area contributed by atoms with Gasteiger partial charge in [0.1, 0.15) is 11.2 Å². The number of nitrogens with one attached hydrogen (secondary N) is 2. The van der Waals surface area contributed by atoms with E-state index in [1.54, 1.807) is 31.2 Å². The molecule has 10 heteroatoms. The SMILES string of the molecule is CNC(=O)c1cc(C#N)cc(C)c1NC(=O)[N+]1(c2ncccc2Cl)C=CC(Br)=N1. The summed E-state index contributed by atoms with van der Waals surface area (Å²) in [6, 6.07) is 7.65. The van der Waals surface area contributed by atoms with Gasteiger partial charge in [-0.25, -0.2) is 9.78 Å². The largest absolute Gasteiger partial charge is 0.459 e. The average molecular weight is 475 g/mol. The molecule has 146 valence electrons. The van der Waals surface area contributed by atoms with Crippen LogP contribution in [0.1, 0.15) is 21.5 Å². The lowest BCUT2D eigenvalue weighted by Gasteiger charge is -2.23. The van der Waals surface area contributed by atoms with E-state index in [1.807, 2.05) is 6.07 Å². The maximum atomic E-state index is 13.4. The maximum Gasteiger partial charge on any atom is 0.459 e. The number of nitrogens with zero attached hydrogens (tertiary/aromatic N) is 4. The summed E-state index contributed by atoms with van der Waals surface area (Å²) in [5.74, 6) is -0.241. The van der Waals surface area contributed by atoms with Crippen molar-refractivity contribution in [3.8, 4) is 6.07 Å². The molecule has 0 aliphatic carbocycles. The highest BCUT2D eigenvalue weighted by atomic mass is 79.9. The van der Waals surface area contributed by atoms with Gasteiger partial charge in [0.05, 0.1) is 22.9 Å². The van der Waals surface area contributed by atoms with Crippen molar-refractivity contribution in [1.82, 2.24) is 14.9 Å². The molecule has 3 rings (SSSR count). The molecule has 29 heavy (non-hydrogen) atoms. The minimum Gasteiger partial charge on any atom is -0.355 e. The number of halogens is 2. The van der Waals surface area contributed by atoms with Crippen LogP contribution in [-0.2, 0) is 0 Å². The number of carbonyl (C=O) groups is 2. The van der Waals surface area contributed by atoms with Gasteiger partial charge in [0, 0.05) is 19.3 Å². The van der Waals surface area contributed by atoms with Crippen LogP contribution in [0.2, 0.25) is 5.02 Å². The lowest BCUT2D eigenvalue weighted by Crippen LogP contribution is -2.47. The van der Waals surface area contributed by atoms with Crippen LogP contribution in [0.5, 0.6) is 0 Å². The number of hydrogen-bond donors (Lipinski definition) is 2. The summed E-state index contributed by atoms with van der Waals surface area (Å²) in [5, 5.41) is 19.1. The molecule has 0 saturated carbocycles. The minimum atomic E-state index is -0.674. The van der Waals surface area contributed by atoms with Crippen LogP contribution in [0.25, 0.3) is 0 Å². The number of nitriles is 1. The molecule has 2 N–H and O–H groups in total. The number of pyridine rings is 1. The van der Waals surface area contributed by atoms with E-state index in [-0.39, 0.29) is 22.1 Å². The monoisotopic (exact) mass is 473 g/mol. The number of urea groups is 1. The standard InChI is InChI=1S/C19H14BrClN6O2/c1-11-8-12(10-22)9-13(18(28)23-2)16(11)25-19(29)27(7-5-15(20)26-27)17-14(21)4-3-6-24-17/h3-9H,1-2H3,(H-,23,25,28,29)/p+1. The van der Waals surface area contributed by atoms with Gasteiger partial charge in [-0.05, 0) is 57.3 Å². The van der Waals surface area contributed by atoms with Crippen molar-refractivity contribution in [1.29, 1.82) is 5.26 Å². The molecule has 1 atom stereocenters. The van der Waals surface area contributed by atoms with E-state index in [0.29, 0.717) is 15.7 Å². The van der Waals surface area contributed by atoms with E-state index in [4.69, 9.17) is 11.6 Å². The number of allylic oxidation sites excluding steroid dienone is 1. The second-order valence-electron chi connectivity index (χ2n) is 6.07. The van der Waals surface area contributed by atoms with E-state index in [2.05, 4.69) is 36.6 Å². The molecule has 8 nitrogen and oxygen atoms in total. The van der Waals surface area contributed by atoms with Crippen LogP contribution in [0, 0.1) is 18.3 Å². The first-order valence-corrected chi connectivity index (χ1v) is 9.52. The topological polar surface area (TPSA) is 107 Å². The van der Waals surface area contributed by atoms with E-state index < -0.39 is 16.5 Å². The molecule has 1 aliphatic rings. The lowest BCUT2D eigenvalue weighted by molar-refractivity contribution is 0.0964. The fourth-order valence-electron chi connectivity index (χ4n) is 2.87. The highest BCUT2D eigenvalue weighted by Crippen LogP contribution is 2.35. The minimum absolute atomic E-state index is 0.161. The number of carbonyl (C=O) groups excluding carboxylic acids is 2. The fraction of sp³-hybridized carbons (Fsp3) is 0.105. The molecule has 1 aliphatic heterocycles. The van der Waals surface area contributed by atoms with Crippen LogP contribution >= 0.6 is 27.5 Å². The van der Waals surface area contributed by atoms with Crippen molar-refractivity contribution >= 4 is 55.6 Å². The van der Waals surface area contributed by atoms with Crippen LogP contribution < -0.4 is 15.2 Å². The quantitative estimate of drug-likeness (QED) is 0.654. The lowest BCUT2D eigenvalue weighted by atomic mass is 10.0. The molecule has 2 aromatic rings. The highest BCUT2D eigenvalue weighted by Gasteiger charge is 2.45. The Balaban J connectivity index is 2.12. The summed E-state index contributed by atoms with van der Waals surface area (Å²) in [6.45, 7) is 1.69. The zero-order valence-corrected chi connectivity index (χ0v) is 17.7. The van der Waals surface area contributed by atoms with Gasteiger partial charge in [0.25, 0.3) is 11.7 Å². The molecule has 1 aromatic carbocycles. The van der Waals surface area contributed by atoms with E-state index in [9.17, 15) is 14.9 Å². The molecular weight excluding hydrogens is 460 g/mol. The Bertz CT molecular complexity index is 1120. The summed E-state index contributed by atoms with van der Waals surface area (Å²) < 4.78 is -0.246. The Morgan fingerprint density at radius 3 is 2.69 bits per heavy atom. The number of rotatable bonds is 3. The molecule has 0 fully saturated rings. The first kappa shape index (κ1) is 20.7. The Morgan fingerprint density at radius 2 is 2.10 bits per heavy atom. The van der Waals surface area contributed by atoms with Crippen molar-refractivity contribution in [3.63, 3.8) is 0 Å². The Morgan fingerprint density at radius 1 is 1.34 bits per heavy atom. The van der Waals surface area contributed by atoms with E-state index in [1.165, 1.54) is 25.5 Å². The van der Waals surface area contributed by atoms with Gasteiger partial charge in [0.15, 0.2) is 4.62 Å². The third kappa shape index (κ3) is 3.78. The molecule has 0 saturated heterocycles. The second-order valence-corrected chi connectivity index (χ2v) is 7.29. The Kier molecular flexibility index (Phi) is 5.79. The number of aryl methyl sites for hydroxylation is 1. The summed E-state index contributed by atoms with van der Waals surface area (Å²) in [7, 11) is 1.47. The summed E-state index contributed by atoms with van der Waals surface area (Å²) in [6.07, 6.45) is 4.63. The van der Waals surface area contributed by atoms with E-state index in [0.717, 1.165) is 0 Å². The molecular formula is C19H15BrClN6O2+. The number of amides is 3. The van der Waals surface area contributed by atoms with Crippen molar-refractivity contribution in [2.45, 2.75) is 6.92 Å². The molecule has 0 bridgehead atoms. The van der Waals surface area contributed by atoms with Gasteiger partial charge in [0.2, 0.25) is 0 Å². The number of aromatic nitrogens is 1. The third-order valence-corrected chi connectivity index (χ3v) is 4.94. The normalized spacial score (nSPS) is 17.4. The molecule has 0 radical (unpaired) electrons. The first-order chi connectivity index (χ1) is 13.8. The molecule has 1 unspecified atom stereocenters. The maximum absolute atomic E-state index is 13.4. The van der Waals surface area contributed by atoms with Crippen molar-refractivity contribution < 1.29 is 9.59 Å². The number of anilines is 1. The van der Waals surface area contributed by atoms with Gasteiger partial charge >= 0.3 is 6.03 Å². The first-order valence-electron chi connectivity index (χ1n) is 8.35. The smallest absolute Gasteiger partial charge is 0.355 e. The van der Waals surface area contributed by atoms with Crippen LogP contribution in [-0.4, -0.2) is 28.6 Å². The average Bonchev–Trinajstić information content (AvgIpc) is 3.11. The summed E-state index contributed by atoms with van der Waals surface area (Å²) >= 11 is 9.56. The van der Waals surface area contributed by atoms with Crippen LogP contribution in [0.4, 0.5) is 16.3 Å². The summed E-state index contributed by atoms with van der Waals surface area (Å²) in [4.78, 5) is 30.0. The van der Waals surface area contributed by atoms with Gasteiger partial charge in [-0.3, -0.25) is 10.1 Å². The third-order valence-electron chi connectivity index (χ3n) is 4.22. The zero-order chi connectivity index (χ0) is 21.2. The predicted octanol–water partition coefficient (Wildman–Crippen LogP) is 4.05. The molecule has 2 heterocycles. The predicted molar refractivity (Wildman–Crippen MR) is 115 cm³/mol. The number of benzene rings is 1. The van der Waals surface area contributed by atoms with Crippen LogP contribution in [0.15, 0.2) is 47.8 Å². The van der Waals surface area contributed by atoms with Crippen molar-refractivity contribution in [3.05, 3.63) is 64.5 Å². The van der Waals surface area contributed by atoms with Gasteiger partial charge in [-0.2, -0.15) is 5.26 Å². The Hall–Kier alpha value is -3.06. The number of hydrogen-bond acceptors (Lipinski definition) is 5. The zero-order valence-electron chi connectivity index (χ0n) is 15.4. The van der Waals surface area contributed by atoms with Gasteiger partial charge in [-0.15, -0.1) is 0 Å². The number of quaternary nitrogens is 1. The molecule has 3 amide bonds. The highest BCUT2D eigenvalue weighted by molar-refractivity contribution is 9.18. The molecule has 0 spiro atoms. The van der Waals surface area contributed by atoms with Gasteiger partial charge < -0.3 is 5.32 Å². The van der Waals surface area contributed by atoms with Crippen molar-refractivity contribution in [2.24, 2.45) is 5.10 Å². The second kappa shape index (κ2) is 8.13. The fourth-order valence-corrected chi connectivity index (χ4v) is 3.48. The molecule has 1 aromatic heterocycles. The van der Waals surface area contributed by atoms with E-state index >= 15 is 0 Å². The van der Waals surface area contributed by atoms with Crippen molar-refractivity contribution in [2.75, 3.05) is 12.4 Å². The summed E-state index contributed by atoms with van der Waals surface area (Å²) in [5.41, 5.74) is 1.28.